The Morgan fingerprint density at radius 1 is 1.17 bits per heavy atom. The average molecular weight is 408 g/mol. The van der Waals surface area contributed by atoms with Crippen LogP contribution in [0.4, 0.5) is 5.82 Å². The molecule has 1 atom stereocenters. The van der Waals surface area contributed by atoms with Gasteiger partial charge in [0.2, 0.25) is 0 Å². The van der Waals surface area contributed by atoms with E-state index < -0.39 is 5.60 Å². The second-order valence-corrected chi connectivity index (χ2v) is 9.44. The lowest BCUT2D eigenvalue weighted by atomic mass is 9.66. The Morgan fingerprint density at radius 2 is 1.97 bits per heavy atom. The fourth-order valence-electron chi connectivity index (χ4n) is 4.48. The van der Waals surface area contributed by atoms with Crippen molar-refractivity contribution in [1.29, 1.82) is 0 Å². The lowest BCUT2D eigenvalue weighted by Gasteiger charge is -2.39. The maximum Gasteiger partial charge on any atom is 0.159 e. The summed E-state index contributed by atoms with van der Waals surface area (Å²) in [6.07, 6.45) is 7.00. The number of hydrogen-bond donors (Lipinski definition) is 1. The Balaban J connectivity index is 1.48. The van der Waals surface area contributed by atoms with Gasteiger partial charge in [-0.15, -0.1) is 0 Å². The van der Waals surface area contributed by atoms with E-state index in [1.807, 2.05) is 16.9 Å². The summed E-state index contributed by atoms with van der Waals surface area (Å²) in [5.41, 5.74) is 1.82. The number of rotatable bonds is 4. The van der Waals surface area contributed by atoms with Crippen LogP contribution in [0.15, 0.2) is 36.8 Å². The molecule has 3 heterocycles. The minimum absolute atomic E-state index is 0.263. The standard InChI is InChI=1S/C23H29N5O2/c1-22(2,29)19-14-27(9-10-30-19)20-12-21(25-15-24-20)28-18-11-17(23(3)7-4-8-23)6-5-16(18)13-26-28/h5-6,11-13,15,19,29H,4,7-10,14H2,1-3H3/t19-/m1/s1. The van der Waals surface area contributed by atoms with Gasteiger partial charge >= 0.3 is 0 Å². The first-order valence-electron chi connectivity index (χ1n) is 10.7. The topological polar surface area (TPSA) is 76.3 Å². The van der Waals surface area contributed by atoms with E-state index in [9.17, 15) is 5.11 Å². The van der Waals surface area contributed by atoms with E-state index in [2.05, 4.69) is 45.1 Å². The van der Waals surface area contributed by atoms with E-state index in [4.69, 9.17) is 4.74 Å². The van der Waals surface area contributed by atoms with Crippen molar-refractivity contribution >= 4 is 16.7 Å². The first-order valence-corrected chi connectivity index (χ1v) is 10.7. The number of morpholine rings is 1. The zero-order valence-electron chi connectivity index (χ0n) is 17.9. The van der Waals surface area contributed by atoms with Crippen molar-refractivity contribution in [2.75, 3.05) is 24.6 Å². The summed E-state index contributed by atoms with van der Waals surface area (Å²) in [5.74, 6) is 1.57. The third kappa shape index (κ3) is 3.36. The van der Waals surface area contributed by atoms with Gasteiger partial charge in [-0.25, -0.2) is 14.6 Å². The molecule has 1 saturated carbocycles. The molecular weight excluding hydrogens is 378 g/mol. The molecule has 1 aliphatic carbocycles. The number of fused-ring (bicyclic) bond motifs is 1. The van der Waals surface area contributed by atoms with Crippen molar-refractivity contribution in [2.24, 2.45) is 0 Å². The van der Waals surface area contributed by atoms with Crippen LogP contribution in [0.3, 0.4) is 0 Å². The molecule has 7 heteroatoms. The van der Waals surface area contributed by atoms with Crippen LogP contribution in [0, 0.1) is 0 Å². The SMILES string of the molecule is CC1(c2ccc3cnn(-c4cc(N5CCO[C@@H](C(C)(C)O)C5)ncn4)c3c2)CCC1. The molecule has 2 fully saturated rings. The summed E-state index contributed by atoms with van der Waals surface area (Å²) >= 11 is 0. The van der Waals surface area contributed by atoms with Crippen molar-refractivity contribution < 1.29 is 9.84 Å². The van der Waals surface area contributed by atoms with Crippen LogP contribution < -0.4 is 4.90 Å². The van der Waals surface area contributed by atoms with Crippen LogP contribution in [0.5, 0.6) is 0 Å². The lowest BCUT2D eigenvalue weighted by molar-refractivity contribution is -0.0929. The molecule has 2 aliphatic rings. The maximum atomic E-state index is 10.3. The summed E-state index contributed by atoms with van der Waals surface area (Å²) in [5, 5.41) is 16.1. The molecule has 30 heavy (non-hydrogen) atoms. The fraction of sp³-hybridized carbons (Fsp3) is 0.522. The predicted molar refractivity (Wildman–Crippen MR) is 116 cm³/mol. The highest BCUT2D eigenvalue weighted by Crippen LogP contribution is 2.43. The minimum atomic E-state index is -0.902. The third-order valence-electron chi connectivity index (χ3n) is 6.76. The van der Waals surface area contributed by atoms with Gasteiger partial charge < -0.3 is 14.7 Å². The van der Waals surface area contributed by atoms with Crippen LogP contribution in [-0.4, -0.2) is 56.3 Å². The molecule has 0 spiro atoms. The van der Waals surface area contributed by atoms with Gasteiger partial charge in [-0.1, -0.05) is 25.5 Å². The average Bonchev–Trinajstić information content (AvgIpc) is 3.15. The van der Waals surface area contributed by atoms with Crippen LogP contribution >= 0.6 is 0 Å². The highest BCUT2D eigenvalue weighted by atomic mass is 16.5. The molecule has 0 amide bonds. The van der Waals surface area contributed by atoms with Crippen LogP contribution in [-0.2, 0) is 10.2 Å². The van der Waals surface area contributed by atoms with Crippen molar-refractivity contribution in [3.05, 3.63) is 42.4 Å². The largest absolute Gasteiger partial charge is 0.388 e. The number of benzene rings is 1. The second-order valence-electron chi connectivity index (χ2n) is 9.44. The van der Waals surface area contributed by atoms with E-state index in [0.717, 1.165) is 29.1 Å². The molecule has 0 bridgehead atoms. The number of nitrogens with zero attached hydrogens (tertiary/aromatic N) is 5. The number of anilines is 1. The van der Waals surface area contributed by atoms with E-state index in [0.29, 0.717) is 13.2 Å². The van der Waals surface area contributed by atoms with E-state index in [1.54, 1.807) is 20.2 Å². The number of hydrogen-bond acceptors (Lipinski definition) is 6. The summed E-state index contributed by atoms with van der Waals surface area (Å²) in [6.45, 7) is 7.78. The smallest absolute Gasteiger partial charge is 0.159 e. The Morgan fingerprint density at radius 3 is 2.70 bits per heavy atom. The molecular formula is C23H29N5O2. The molecule has 0 radical (unpaired) electrons. The Labute approximate surface area is 176 Å². The zero-order valence-corrected chi connectivity index (χ0v) is 17.9. The van der Waals surface area contributed by atoms with Gasteiger partial charge in [0, 0.05) is 24.5 Å². The normalized spacial score (nSPS) is 21.6. The number of aromatic nitrogens is 4. The first kappa shape index (κ1) is 19.5. The van der Waals surface area contributed by atoms with Gasteiger partial charge in [0.25, 0.3) is 0 Å². The van der Waals surface area contributed by atoms with Crippen molar-refractivity contribution in [3.63, 3.8) is 0 Å². The fourth-order valence-corrected chi connectivity index (χ4v) is 4.48. The molecule has 1 saturated heterocycles. The predicted octanol–water partition coefficient (Wildman–Crippen LogP) is 3.23. The Hall–Kier alpha value is -2.51. The number of ether oxygens (including phenoxy) is 1. The number of aliphatic hydroxyl groups is 1. The molecule has 5 rings (SSSR count). The molecule has 158 valence electrons. The van der Waals surface area contributed by atoms with E-state index >= 15 is 0 Å². The highest BCUT2D eigenvalue weighted by Gasteiger charge is 2.34. The van der Waals surface area contributed by atoms with Gasteiger partial charge in [0.1, 0.15) is 18.2 Å². The first-order chi connectivity index (χ1) is 14.3. The van der Waals surface area contributed by atoms with Crippen LogP contribution in [0.25, 0.3) is 16.7 Å². The van der Waals surface area contributed by atoms with Gasteiger partial charge in [-0.2, -0.15) is 5.10 Å². The molecule has 1 aliphatic heterocycles. The molecule has 0 unspecified atom stereocenters. The monoisotopic (exact) mass is 407 g/mol. The van der Waals surface area contributed by atoms with Crippen molar-refractivity contribution in [2.45, 2.75) is 57.2 Å². The van der Waals surface area contributed by atoms with Crippen molar-refractivity contribution in [1.82, 2.24) is 19.7 Å². The summed E-state index contributed by atoms with van der Waals surface area (Å²) in [7, 11) is 0. The second kappa shape index (κ2) is 7.03. The third-order valence-corrected chi connectivity index (χ3v) is 6.76. The highest BCUT2D eigenvalue weighted by molar-refractivity contribution is 5.81. The van der Waals surface area contributed by atoms with Gasteiger partial charge in [-0.3, -0.25) is 0 Å². The van der Waals surface area contributed by atoms with Gasteiger partial charge in [0.15, 0.2) is 5.82 Å². The summed E-state index contributed by atoms with van der Waals surface area (Å²) in [4.78, 5) is 11.1. The molecule has 1 aromatic carbocycles. The zero-order chi connectivity index (χ0) is 20.9. The molecule has 3 aromatic rings. The minimum Gasteiger partial charge on any atom is -0.388 e. The lowest BCUT2D eigenvalue weighted by Crippen LogP contribution is -2.52. The van der Waals surface area contributed by atoms with Crippen LogP contribution in [0.2, 0.25) is 0 Å². The Bertz CT molecular complexity index is 1070. The van der Waals surface area contributed by atoms with E-state index in [-0.39, 0.29) is 11.5 Å². The summed E-state index contributed by atoms with van der Waals surface area (Å²) in [6, 6.07) is 8.64. The molecule has 1 N–H and O–H groups in total. The quantitative estimate of drug-likeness (QED) is 0.716. The molecule has 2 aromatic heterocycles. The van der Waals surface area contributed by atoms with Gasteiger partial charge in [-0.05, 0) is 43.7 Å². The Kier molecular flexibility index (Phi) is 4.56. The van der Waals surface area contributed by atoms with E-state index in [1.165, 1.54) is 24.8 Å². The van der Waals surface area contributed by atoms with Crippen molar-refractivity contribution in [3.8, 4) is 5.82 Å². The van der Waals surface area contributed by atoms with Crippen LogP contribution in [0.1, 0.15) is 45.6 Å². The maximum absolute atomic E-state index is 10.3. The summed E-state index contributed by atoms with van der Waals surface area (Å²) < 4.78 is 7.67. The molecule has 7 nitrogen and oxygen atoms in total. The van der Waals surface area contributed by atoms with Gasteiger partial charge in [0.05, 0.1) is 23.9 Å².